The van der Waals surface area contributed by atoms with Gasteiger partial charge in [-0.2, -0.15) is 0 Å². The van der Waals surface area contributed by atoms with Gasteiger partial charge in [0, 0.05) is 23.6 Å². The van der Waals surface area contributed by atoms with Crippen LogP contribution < -0.4 is 4.90 Å². The van der Waals surface area contributed by atoms with Gasteiger partial charge in [-0.1, -0.05) is 12.8 Å². The van der Waals surface area contributed by atoms with Crippen LogP contribution in [0.15, 0.2) is 18.3 Å². The summed E-state index contributed by atoms with van der Waals surface area (Å²) in [5.41, 5.74) is 1.98. The maximum Gasteiger partial charge on any atom is 0.326 e. The second-order valence-corrected chi connectivity index (χ2v) is 6.11. The number of nitrogens with zero attached hydrogens (tertiary/aromatic N) is 2. The predicted molar refractivity (Wildman–Crippen MR) is 77.9 cm³/mol. The number of aliphatic carboxylic acids is 1. The molecule has 20 heavy (non-hydrogen) atoms. The number of aromatic nitrogens is 1. The third-order valence-corrected chi connectivity index (χ3v) is 4.84. The van der Waals surface area contributed by atoms with Crippen molar-refractivity contribution >= 4 is 11.7 Å². The summed E-state index contributed by atoms with van der Waals surface area (Å²) in [6, 6.07) is 3.99. The first-order valence-electron chi connectivity index (χ1n) is 7.60. The lowest BCUT2D eigenvalue weighted by molar-refractivity contribution is -0.139. The van der Waals surface area contributed by atoms with Crippen molar-refractivity contribution in [3.8, 4) is 0 Å². The Bertz CT molecular complexity index is 503. The number of fused-ring (bicyclic) bond motifs is 1. The largest absolute Gasteiger partial charge is 0.480 e. The lowest BCUT2D eigenvalue weighted by Crippen LogP contribution is -2.55. The van der Waals surface area contributed by atoms with Crippen LogP contribution in [-0.4, -0.2) is 28.1 Å². The lowest BCUT2D eigenvalue weighted by atomic mass is 9.76. The summed E-state index contributed by atoms with van der Waals surface area (Å²) in [6.07, 6.45) is 8.49. The molecule has 1 aliphatic heterocycles. The van der Waals surface area contributed by atoms with E-state index in [4.69, 9.17) is 0 Å². The molecule has 4 heteroatoms. The van der Waals surface area contributed by atoms with Gasteiger partial charge in [0.1, 0.15) is 6.04 Å². The number of aryl methyl sites for hydroxylation is 1. The molecule has 1 aliphatic carbocycles. The van der Waals surface area contributed by atoms with Gasteiger partial charge < -0.3 is 10.0 Å². The molecule has 1 saturated heterocycles. The van der Waals surface area contributed by atoms with E-state index in [9.17, 15) is 9.90 Å². The second-order valence-electron chi connectivity index (χ2n) is 6.11. The highest BCUT2D eigenvalue weighted by molar-refractivity contribution is 5.79. The van der Waals surface area contributed by atoms with Crippen LogP contribution in [0.5, 0.6) is 0 Å². The Labute approximate surface area is 119 Å². The molecule has 1 N–H and O–H groups in total. The van der Waals surface area contributed by atoms with Crippen molar-refractivity contribution in [3.05, 3.63) is 24.0 Å². The molecule has 1 saturated carbocycles. The molecule has 2 fully saturated rings. The molecule has 0 spiro atoms. The van der Waals surface area contributed by atoms with E-state index in [2.05, 4.69) is 9.88 Å². The zero-order valence-electron chi connectivity index (χ0n) is 12.0. The minimum atomic E-state index is -0.691. The Kier molecular flexibility index (Phi) is 3.64. The smallest absolute Gasteiger partial charge is 0.326 e. The summed E-state index contributed by atoms with van der Waals surface area (Å²) in [5, 5.41) is 9.57. The molecule has 0 radical (unpaired) electrons. The number of pyridine rings is 1. The van der Waals surface area contributed by atoms with Gasteiger partial charge in [0.2, 0.25) is 0 Å². The van der Waals surface area contributed by atoms with Crippen molar-refractivity contribution in [2.45, 2.75) is 57.5 Å². The Morgan fingerprint density at radius 3 is 2.85 bits per heavy atom. The fourth-order valence-electron chi connectivity index (χ4n) is 3.94. The standard InChI is InChI=1S/C16H22N2O2/c1-11-10-13(8-9-17-11)18-14-5-3-2-4-12(14)6-7-15(18)16(19)20/h8-10,12,14-15H,2-7H2,1H3,(H,19,20). The first-order valence-corrected chi connectivity index (χ1v) is 7.60. The molecule has 0 amide bonds. The highest BCUT2D eigenvalue weighted by atomic mass is 16.4. The van der Waals surface area contributed by atoms with Gasteiger partial charge in [-0.05, 0) is 50.7 Å². The molecule has 4 nitrogen and oxygen atoms in total. The van der Waals surface area contributed by atoms with Crippen molar-refractivity contribution in [2.24, 2.45) is 5.92 Å². The highest BCUT2D eigenvalue weighted by Gasteiger charge is 2.41. The average molecular weight is 274 g/mol. The molecular weight excluding hydrogens is 252 g/mol. The van der Waals surface area contributed by atoms with E-state index >= 15 is 0 Å². The number of hydrogen-bond donors (Lipinski definition) is 1. The SMILES string of the molecule is Cc1cc(N2C(C(=O)O)CCC3CCCCC32)ccn1. The number of carboxylic acid groups (broad SMARTS) is 1. The summed E-state index contributed by atoms with van der Waals surface area (Å²) in [7, 11) is 0. The molecule has 3 unspecified atom stereocenters. The van der Waals surface area contributed by atoms with E-state index in [1.807, 2.05) is 19.1 Å². The molecule has 2 aliphatic rings. The first-order chi connectivity index (χ1) is 9.66. The maximum absolute atomic E-state index is 11.6. The Balaban J connectivity index is 1.97. The third-order valence-electron chi connectivity index (χ3n) is 4.84. The number of carboxylic acids is 1. The number of anilines is 1. The zero-order valence-corrected chi connectivity index (χ0v) is 12.0. The molecule has 0 bridgehead atoms. The van der Waals surface area contributed by atoms with Crippen LogP contribution in [0.4, 0.5) is 5.69 Å². The molecule has 108 valence electrons. The first kappa shape index (κ1) is 13.4. The van der Waals surface area contributed by atoms with Crippen molar-refractivity contribution in [2.75, 3.05) is 4.90 Å². The fourth-order valence-corrected chi connectivity index (χ4v) is 3.94. The van der Waals surface area contributed by atoms with Crippen molar-refractivity contribution < 1.29 is 9.90 Å². The lowest BCUT2D eigenvalue weighted by Gasteiger charge is -2.48. The Hall–Kier alpha value is -1.58. The van der Waals surface area contributed by atoms with Gasteiger partial charge >= 0.3 is 5.97 Å². The topological polar surface area (TPSA) is 53.4 Å². The van der Waals surface area contributed by atoms with Crippen LogP contribution in [0.3, 0.4) is 0 Å². The van der Waals surface area contributed by atoms with Crippen LogP contribution in [-0.2, 0) is 4.79 Å². The minimum absolute atomic E-state index is 0.379. The van der Waals surface area contributed by atoms with Gasteiger partial charge in [0.25, 0.3) is 0 Å². The molecule has 3 rings (SSSR count). The maximum atomic E-state index is 11.6. The average Bonchev–Trinajstić information content (AvgIpc) is 2.46. The molecule has 1 aromatic rings. The highest BCUT2D eigenvalue weighted by Crippen LogP contribution is 2.40. The van der Waals surface area contributed by atoms with Gasteiger partial charge in [-0.15, -0.1) is 0 Å². The van der Waals surface area contributed by atoms with Crippen LogP contribution in [0.2, 0.25) is 0 Å². The molecule has 0 aromatic carbocycles. The van der Waals surface area contributed by atoms with Gasteiger partial charge in [-0.3, -0.25) is 4.98 Å². The quantitative estimate of drug-likeness (QED) is 0.900. The molecular formula is C16H22N2O2. The van der Waals surface area contributed by atoms with Crippen molar-refractivity contribution in [3.63, 3.8) is 0 Å². The number of hydrogen-bond acceptors (Lipinski definition) is 3. The molecule has 1 aromatic heterocycles. The van der Waals surface area contributed by atoms with E-state index in [0.717, 1.165) is 30.6 Å². The number of carbonyl (C=O) groups is 1. The molecule has 2 heterocycles. The van der Waals surface area contributed by atoms with Crippen molar-refractivity contribution in [1.29, 1.82) is 0 Å². The van der Waals surface area contributed by atoms with E-state index in [-0.39, 0.29) is 6.04 Å². The number of piperidine rings is 1. The summed E-state index contributed by atoms with van der Waals surface area (Å²) >= 11 is 0. The molecule has 3 atom stereocenters. The van der Waals surface area contributed by atoms with E-state index in [1.165, 1.54) is 19.3 Å². The van der Waals surface area contributed by atoms with Gasteiger partial charge in [0.05, 0.1) is 0 Å². The van der Waals surface area contributed by atoms with Crippen molar-refractivity contribution in [1.82, 2.24) is 4.98 Å². The number of rotatable bonds is 2. The minimum Gasteiger partial charge on any atom is -0.480 e. The van der Waals surface area contributed by atoms with Crippen LogP contribution in [0.25, 0.3) is 0 Å². The van der Waals surface area contributed by atoms with E-state index < -0.39 is 5.97 Å². The zero-order chi connectivity index (χ0) is 14.1. The summed E-state index contributed by atoms with van der Waals surface area (Å²) in [5.74, 6) is -0.0312. The summed E-state index contributed by atoms with van der Waals surface area (Å²) in [4.78, 5) is 18.0. The summed E-state index contributed by atoms with van der Waals surface area (Å²) in [6.45, 7) is 1.96. The van der Waals surface area contributed by atoms with Crippen LogP contribution in [0.1, 0.15) is 44.2 Å². The third kappa shape index (κ3) is 2.39. The van der Waals surface area contributed by atoms with E-state index in [1.54, 1.807) is 6.20 Å². The van der Waals surface area contributed by atoms with Gasteiger partial charge in [0.15, 0.2) is 0 Å². The summed E-state index contributed by atoms with van der Waals surface area (Å²) < 4.78 is 0. The second kappa shape index (κ2) is 5.43. The predicted octanol–water partition coefficient (Wildman–Crippen LogP) is 3.00. The van der Waals surface area contributed by atoms with Gasteiger partial charge in [-0.25, -0.2) is 4.79 Å². The van der Waals surface area contributed by atoms with E-state index in [0.29, 0.717) is 12.0 Å². The monoisotopic (exact) mass is 274 g/mol. The fraction of sp³-hybridized carbons (Fsp3) is 0.625. The Morgan fingerprint density at radius 2 is 2.10 bits per heavy atom. The van der Waals surface area contributed by atoms with Crippen LogP contribution >= 0.6 is 0 Å². The normalized spacial score (nSPS) is 29.9. The Morgan fingerprint density at radius 1 is 1.30 bits per heavy atom. The van der Waals surface area contributed by atoms with Crippen LogP contribution in [0, 0.1) is 12.8 Å².